The van der Waals surface area contributed by atoms with Crippen molar-refractivity contribution in [3.8, 4) is 11.1 Å². The first-order valence-corrected chi connectivity index (χ1v) is 12.7. The van der Waals surface area contributed by atoms with E-state index in [0.717, 1.165) is 30.7 Å². The zero-order chi connectivity index (χ0) is 26.1. The van der Waals surface area contributed by atoms with Crippen LogP contribution in [0.25, 0.3) is 11.1 Å². The Kier molecular flexibility index (Phi) is 7.41. The largest absolute Gasteiger partial charge is 0.368 e. The number of benzene rings is 2. The molecule has 190 valence electrons. The van der Waals surface area contributed by atoms with Gasteiger partial charge in [-0.05, 0) is 42.7 Å². The summed E-state index contributed by atoms with van der Waals surface area (Å²) in [6, 6.07) is 4.76. The predicted octanol–water partition coefficient (Wildman–Crippen LogP) is 4.47. The lowest BCUT2D eigenvalue weighted by Gasteiger charge is -2.37. The summed E-state index contributed by atoms with van der Waals surface area (Å²) >= 11 is 0. The lowest BCUT2D eigenvalue weighted by atomic mass is 9.96. The normalized spacial score (nSPS) is 18.7. The third-order valence-corrected chi connectivity index (χ3v) is 6.91. The third kappa shape index (κ3) is 5.12. The lowest BCUT2D eigenvalue weighted by molar-refractivity contribution is 0.102. The number of rotatable bonds is 5. The van der Waals surface area contributed by atoms with Crippen molar-refractivity contribution in [3.05, 3.63) is 71.6 Å². The molecule has 1 fully saturated rings. The Labute approximate surface area is 208 Å². The number of hydrogen-bond donors (Lipinski definition) is 2. The van der Waals surface area contributed by atoms with Crippen LogP contribution in [0.15, 0.2) is 47.6 Å². The standard InChI is InChI=1S/C25H24F4N4O2S/c1-13-7-14(30)12-33(11-13)21-5-6-31-10-20(21)32-25(34)16-3-4-17(26)23(24(16)29)22-18(27)8-15(36(2)35)9-19(22)28/h3-6,8-10,13-14H,7,11-12,30H2,1-2H3,(H,32,34)/t13-,14+,36?/m1/s1. The van der Waals surface area contributed by atoms with E-state index in [1.807, 2.05) is 4.90 Å². The Bertz CT molecular complexity index is 1320. The van der Waals surface area contributed by atoms with Gasteiger partial charge in [-0.3, -0.25) is 14.0 Å². The van der Waals surface area contributed by atoms with E-state index in [0.29, 0.717) is 24.7 Å². The lowest BCUT2D eigenvalue weighted by Crippen LogP contribution is -2.46. The van der Waals surface area contributed by atoms with E-state index < -0.39 is 56.7 Å². The number of carbonyl (C=O) groups is 1. The summed E-state index contributed by atoms with van der Waals surface area (Å²) in [5.41, 5.74) is 4.40. The van der Waals surface area contributed by atoms with E-state index in [-0.39, 0.29) is 16.6 Å². The van der Waals surface area contributed by atoms with E-state index in [1.54, 1.807) is 12.3 Å². The van der Waals surface area contributed by atoms with E-state index in [4.69, 9.17) is 5.73 Å². The fourth-order valence-electron chi connectivity index (χ4n) is 4.46. The predicted molar refractivity (Wildman–Crippen MR) is 130 cm³/mol. The average Bonchev–Trinajstić information content (AvgIpc) is 2.80. The minimum absolute atomic E-state index is 0.0658. The first-order chi connectivity index (χ1) is 17.1. The number of nitrogens with two attached hydrogens (primary N) is 1. The van der Waals surface area contributed by atoms with Crippen LogP contribution >= 0.6 is 0 Å². The van der Waals surface area contributed by atoms with Gasteiger partial charge in [0.15, 0.2) is 0 Å². The van der Waals surface area contributed by atoms with Gasteiger partial charge in [0.2, 0.25) is 0 Å². The summed E-state index contributed by atoms with van der Waals surface area (Å²) in [6.45, 7) is 3.29. The van der Waals surface area contributed by atoms with Crippen molar-refractivity contribution in [1.82, 2.24) is 4.98 Å². The molecular weight excluding hydrogens is 496 g/mol. The highest BCUT2D eigenvalue weighted by Crippen LogP contribution is 2.35. The van der Waals surface area contributed by atoms with E-state index in [9.17, 15) is 22.2 Å². The maximum Gasteiger partial charge on any atom is 0.258 e. The molecule has 3 N–H and O–H groups in total. The number of piperidine rings is 1. The van der Waals surface area contributed by atoms with Gasteiger partial charge in [0.25, 0.3) is 5.91 Å². The number of anilines is 2. The van der Waals surface area contributed by atoms with Crippen LogP contribution in [0.5, 0.6) is 0 Å². The number of hydrogen-bond acceptors (Lipinski definition) is 5. The van der Waals surface area contributed by atoms with E-state index in [2.05, 4.69) is 17.2 Å². The number of nitrogens with one attached hydrogen (secondary N) is 1. The second kappa shape index (κ2) is 10.4. The van der Waals surface area contributed by atoms with Gasteiger partial charge >= 0.3 is 0 Å². The van der Waals surface area contributed by atoms with Gasteiger partial charge in [-0.25, -0.2) is 17.6 Å². The van der Waals surface area contributed by atoms with Crippen LogP contribution in [0, 0.1) is 29.2 Å². The van der Waals surface area contributed by atoms with Crippen LogP contribution in [0.3, 0.4) is 0 Å². The fourth-order valence-corrected chi connectivity index (χ4v) is 5.00. The Balaban J connectivity index is 1.70. The molecule has 1 amide bonds. The SMILES string of the molecule is C[C@@H]1C[C@H](N)CN(c2ccncc2NC(=O)c2ccc(F)c(-c3c(F)cc(S(C)=O)cc3F)c2F)C1. The molecule has 2 aromatic carbocycles. The van der Waals surface area contributed by atoms with Gasteiger partial charge in [0.05, 0.1) is 34.3 Å². The molecule has 0 aliphatic carbocycles. The smallest absolute Gasteiger partial charge is 0.258 e. The van der Waals surface area contributed by atoms with Gasteiger partial charge in [0.1, 0.15) is 23.3 Å². The summed E-state index contributed by atoms with van der Waals surface area (Å²) in [5, 5.41) is 2.57. The first kappa shape index (κ1) is 25.8. The molecule has 1 aromatic heterocycles. The van der Waals surface area contributed by atoms with Gasteiger partial charge in [-0.15, -0.1) is 0 Å². The van der Waals surface area contributed by atoms with Gasteiger partial charge in [0, 0.05) is 47.3 Å². The van der Waals surface area contributed by atoms with Crippen molar-refractivity contribution < 1.29 is 26.6 Å². The molecule has 11 heteroatoms. The summed E-state index contributed by atoms with van der Waals surface area (Å²) < 4.78 is 71.0. The van der Waals surface area contributed by atoms with Crippen LogP contribution in [-0.4, -0.2) is 40.5 Å². The van der Waals surface area contributed by atoms with Gasteiger partial charge < -0.3 is 16.0 Å². The number of halogens is 4. The molecule has 3 aromatic rings. The second-order valence-electron chi connectivity index (χ2n) is 8.85. The molecule has 0 spiro atoms. The van der Waals surface area contributed by atoms with Crippen LogP contribution in [0.1, 0.15) is 23.7 Å². The highest BCUT2D eigenvalue weighted by Gasteiger charge is 2.27. The summed E-state index contributed by atoms with van der Waals surface area (Å²) in [4.78, 5) is 18.9. The quantitative estimate of drug-likeness (QED) is 0.485. The Morgan fingerprint density at radius 2 is 1.78 bits per heavy atom. The number of carbonyl (C=O) groups excluding carboxylic acids is 1. The molecule has 0 radical (unpaired) electrons. The number of aromatic nitrogens is 1. The Morgan fingerprint density at radius 1 is 1.08 bits per heavy atom. The molecule has 3 atom stereocenters. The average molecular weight is 521 g/mol. The number of nitrogens with zero attached hydrogens (tertiary/aromatic N) is 2. The van der Waals surface area contributed by atoms with E-state index >= 15 is 4.39 Å². The van der Waals surface area contributed by atoms with Crippen molar-refractivity contribution in [2.75, 3.05) is 29.6 Å². The summed E-state index contributed by atoms with van der Waals surface area (Å²) in [6.07, 6.45) is 5.01. The molecule has 6 nitrogen and oxygen atoms in total. The Hall–Kier alpha value is -3.31. The van der Waals surface area contributed by atoms with Crippen molar-refractivity contribution >= 4 is 28.1 Å². The highest BCUT2D eigenvalue weighted by atomic mass is 32.2. The third-order valence-electron chi connectivity index (χ3n) is 6.01. The van der Waals surface area contributed by atoms with Crippen LogP contribution < -0.4 is 16.0 Å². The summed E-state index contributed by atoms with van der Waals surface area (Å²) in [7, 11) is -1.72. The van der Waals surface area contributed by atoms with Crippen molar-refractivity contribution in [2.24, 2.45) is 11.7 Å². The maximum absolute atomic E-state index is 15.4. The molecule has 36 heavy (non-hydrogen) atoms. The zero-order valence-corrected chi connectivity index (χ0v) is 20.3. The minimum Gasteiger partial charge on any atom is -0.368 e. The fraction of sp³-hybridized carbons (Fsp3) is 0.280. The van der Waals surface area contributed by atoms with Crippen LogP contribution in [0.2, 0.25) is 0 Å². The molecular formula is C25H24F4N4O2S. The first-order valence-electron chi connectivity index (χ1n) is 11.1. The van der Waals surface area contributed by atoms with Crippen molar-refractivity contribution in [1.29, 1.82) is 0 Å². The van der Waals surface area contributed by atoms with Gasteiger partial charge in [-0.2, -0.15) is 0 Å². The number of pyridine rings is 1. The molecule has 1 saturated heterocycles. The zero-order valence-electron chi connectivity index (χ0n) is 19.5. The number of amides is 1. The van der Waals surface area contributed by atoms with Crippen molar-refractivity contribution in [2.45, 2.75) is 24.3 Å². The van der Waals surface area contributed by atoms with E-state index in [1.165, 1.54) is 12.5 Å². The Morgan fingerprint density at radius 3 is 2.42 bits per heavy atom. The summed E-state index contributed by atoms with van der Waals surface area (Å²) in [5.74, 6) is -5.95. The van der Waals surface area contributed by atoms with Crippen molar-refractivity contribution in [3.63, 3.8) is 0 Å². The topological polar surface area (TPSA) is 88.3 Å². The molecule has 4 rings (SSSR count). The molecule has 1 aliphatic rings. The highest BCUT2D eigenvalue weighted by molar-refractivity contribution is 7.84. The minimum atomic E-state index is -1.72. The maximum atomic E-state index is 15.4. The van der Waals surface area contributed by atoms with Crippen LogP contribution in [0.4, 0.5) is 28.9 Å². The molecule has 2 heterocycles. The second-order valence-corrected chi connectivity index (χ2v) is 10.2. The van der Waals surface area contributed by atoms with Crippen LogP contribution in [-0.2, 0) is 10.8 Å². The molecule has 0 saturated carbocycles. The molecule has 1 unspecified atom stereocenters. The van der Waals surface area contributed by atoms with Gasteiger partial charge in [-0.1, -0.05) is 6.92 Å². The monoisotopic (exact) mass is 520 g/mol. The molecule has 0 bridgehead atoms. The molecule has 1 aliphatic heterocycles.